The first-order valence-corrected chi connectivity index (χ1v) is 8.66. The van der Waals surface area contributed by atoms with E-state index in [0.717, 1.165) is 41.8 Å². The van der Waals surface area contributed by atoms with E-state index >= 15 is 0 Å². The van der Waals surface area contributed by atoms with Crippen molar-refractivity contribution >= 4 is 17.5 Å². The highest BCUT2D eigenvalue weighted by Crippen LogP contribution is 2.32. The molecule has 0 bridgehead atoms. The first-order valence-electron chi connectivity index (χ1n) is 8.66. The van der Waals surface area contributed by atoms with Crippen molar-refractivity contribution in [2.24, 2.45) is 0 Å². The van der Waals surface area contributed by atoms with Crippen LogP contribution < -0.4 is 15.4 Å². The largest absolute Gasteiger partial charge is 0.493 e. The third-order valence-corrected chi connectivity index (χ3v) is 4.76. The molecule has 2 aliphatic heterocycles. The second-order valence-corrected chi connectivity index (χ2v) is 6.47. The Morgan fingerprint density at radius 2 is 2.04 bits per heavy atom. The number of amides is 2. The van der Waals surface area contributed by atoms with Gasteiger partial charge in [0.25, 0.3) is 5.91 Å². The summed E-state index contributed by atoms with van der Waals surface area (Å²) in [6, 6.07) is 13.3. The summed E-state index contributed by atoms with van der Waals surface area (Å²) in [5.74, 6) is 0.776. The molecule has 0 saturated heterocycles. The molecule has 128 valence electrons. The van der Waals surface area contributed by atoms with Gasteiger partial charge in [0, 0.05) is 29.7 Å². The van der Waals surface area contributed by atoms with Crippen LogP contribution in [0.25, 0.3) is 0 Å². The molecule has 0 radical (unpaired) electrons. The van der Waals surface area contributed by atoms with E-state index in [1.165, 1.54) is 0 Å². The lowest BCUT2D eigenvalue weighted by molar-refractivity contribution is -0.116. The fourth-order valence-electron chi connectivity index (χ4n) is 3.45. The van der Waals surface area contributed by atoms with Gasteiger partial charge in [0.05, 0.1) is 12.6 Å². The Labute approximate surface area is 146 Å². The summed E-state index contributed by atoms with van der Waals surface area (Å²) >= 11 is 0. The van der Waals surface area contributed by atoms with Crippen LogP contribution in [0.4, 0.5) is 5.69 Å². The van der Waals surface area contributed by atoms with Crippen LogP contribution in [0.3, 0.4) is 0 Å². The van der Waals surface area contributed by atoms with E-state index < -0.39 is 0 Å². The summed E-state index contributed by atoms with van der Waals surface area (Å²) in [4.78, 5) is 24.4. The minimum Gasteiger partial charge on any atom is -0.493 e. The molecule has 5 nitrogen and oxygen atoms in total. The zero-order valence-electron chi connectivity index (χ0n) is 13.9. The molecular formula is C20H20N2O3. The molecule has 1 unspecified atom stereocenters. The highest BCUT2D eigenvalue weighted by molar-refractivity contribution is 5.97. The molecule has 0 saturated carbocycles. The summed E-state index contributed by atoms with van der Waals surface area (Å²) in [5, 5.41) is 6.01. The van der Waals surface area contributed by atoms with Crippen LogP contribution in [-0.2, 0) is 11.2 Å². The maximum Gasteiger partial charge on any atom is 0.251 e. The van der Waals surface area contributed by atoms with Gasteiger partial charge in [-0.15, -0.1) is 0 Å². The Balaban J connectivity index is 1.54. The molecule has 2 heterocycles. The molecule has 2 amide bonds. The van der Waals surface area contributed by atoms with Gasteiger partial charge in [-0.1, -0.05) is 18.2 Å². The lowest BCUT2D eigenvalue weighted by Crippen LogP contribution is -2.32. The van der Waals surface area contributed by atoms with Gasteiger partial charge in [0.1, 0.15) is 5.75 Å². The first-order chi connectivity index (χ1) is 12.2. The van der Waals surface area contributed by atoms with E-state index in [4.69, 9.17) is 4.74 Å². The van der Waals surface area contributed by atoms with E-state index in [0.29, 0.717) is 18.6 Å². The third-order valence-electron chi connectivity index (χ3n) is 4.76. The topological polar surface area (TPSA) is 67.4 Å². The fraction of sp³-hybridized carbons (Fsp3) is 0.300. The lowest BCUT2D eigenvalue weighted by Gasteiger charge is -2.26. The molecule has 2 aromatic rings. The van der Waals surface area contributed by atoms with Crippen molar-refractivity contribution in [3.05, 3.63) is 59.2 Å². The van der Waals surface area contributed by atoms with Gasteiger partial charge in [0.15, 0.2) is 0 Å². The minimum absolute atomic E-state index is 0.0368. The molecule has 2 aliphatic rings. The standard InChI is InChI=1S/C20H20N2O3/c23-19-7-3-4-13-12-14(8-9-16(13)21-19)20(24)22-17-10-11-25-18-6-2-1-5-15(17)18/h1-2,5-6,8-9,12,17H,3-4,7,10-11H2,(H,21,23)(H,22,24). The van der Waals surface area contributed by atoms with E-state index in [9.17, 15) is 9.59 Å². The number of nitrogens with one attached hydrogen (secondary N) is 2. The normalized spacial score (nSPS) is 18.9. The SMILES string of the molecule is O=C1CCCc2cc(C(=O)NC3CCOc4ccccc43)ccc2N1. The van der Waals surface area contributed by atoms with Crippen LogP contribution in [0.15, 0.2) is 42.5 Å². The van der Waals surface area contributed by atoms with E-state index in [-0.39, 0.29) is 17.9 Å². The van der Waals surface area contributed by atoms with Crippen LogP contribution in [0.5, 0.6) is 5.75 Å². The molecule has 0 aromatic heterocycles. The summed E-state index contributed by atoms with van der Waals surface area (Å²) in [5.41, 5.74) is 3.48. The van der Waals surface area contributed by atoms with Crippen molar-refractivity contribution in [1.29, 1.82) is 0 Å². The average molecular weight is 336 g/mol. The zero-order valence-corrected chi connectivity index (χ0v) is 13.9. The molecular weight excluding hydrogens is 316 g/mol. The molecule has 5 heteroatoms. The molecule has 1 atom stereocenters. The number of ether oxygens (including phenoxy) is 1. The summed E-state index contributed by atoms with van der Waals surface area (Å²) in [6.45, 7) is 0.595. The second kappa shape index (κ2) is 6.59. The Bertz CT molecular complexity index is 831. The number of fused-ring (bicyclic) bond motifs is 2. The van der Waals surface area contributed by atoms with Crippen LogP contribution in [0.1, 0.15) is 46.8 Å². The molecule has 4 rings (SSSR count). The van der Waals surface area contributed by atoms with Gasteiger partial charge < -0.3 is 15.4 Å². The van der Waals surface area contributed by atoms with Gasteiger partial charge in [-0.25, -0.2) is 0 Å². The van der Waals surface area contributed by atoms with Crippen molar-refractivity contribution in [3.63, 3.8) is 0 Å². The molecule has 0 aliphatic carbocycles. The molecule has 2 N–H and O–H groups in total. The van der Waals surface area contributed by atoms with Gasteiger partial charge in [-0.3, -0.25) is 9.59 Å². The smallest absolute Gasteiger partial charge is 0.251 e. The Hall–Kier alpha value is -2.82. The third kappa shape index (κ3) is 3.22. The number of hydrogen-bond acceptors (Lipinski definition) is 3. The van der Waals surface area contributed by atoms with E-state index in [1.807, 2.05) is 36.4 Å². The van der Waals surface area contributed by atoms with Crippen LogP contribution in [-0.4, -0.2) is 18.4 Å². The molecule has 0 spiro atoms. The quantitative estimate of drug-likeness (QED) is 0.885. The van der Waals surface area contributed by atoms with Crippen molar-refractivity contribution in [3.8, 4) is 5.75 Å². The van der Waals surface area contributed by atoms with Gasteiger partial charge in [-0.05, 0) is 42.7 Å². The predicted molar refractivity (Wildman–Crippen MR) is 94.8 cm³/mol. The predicted octanol–water partition coefficient (Wildman–Crippen LogP) is 3.22. The average Bonchev–Trinajstić information content (AvgIpc) is 2.82. The summed E-state index contributed by atoms with van der Waals surface area (Å²) < 4.78 is 5.65. The van der Waals surface area contributed by atoms with Gasteiger partial charge >= 0.3 is 0 Å². The molecule has 25 heavy (non-hydrogen) atoms. The van der Waals surface area contributed by atoms with E-state index in [1.54, 1.807) is 6.07 Å². The lowest BCUT2D eigenvalue weighted by atomic mass is 9.99. The highest BCUT2D eigenvalue weighted by Gasteiger charge is 2.23. The van der Waals surface area contributed by atoms with Crippen molar-refractivity contribution in [1.82, 2.24) is 5.32 Å². The summed E-state index contributed by atoms with van der Waals surface area (Å²) in [7, 11) is 0. The van der Waals surface area contributed by atoms with Crippen LogP contribution >= 0.6 is 0 Å². The monoisotopic (exact) mass is 336 g/mol. The van der Waals surface area contributed by atoms with E-state index in [2.05, 4.69) is 10.6 Å². The number of benzene rings is 2. The molecule has 2 aromatic carbocycles. The number of carbonyl (C=O) groups is 2. The number of carbonyl (C=O) groups excluding carboxylic acids is 2. The maximum absolute atomic E-state index is 12.7. The number of anilines is 1. The van der Waals surface area contributed by atoms with Crippen molar-refractivity contribution in [2.75, 3.05) is 11.9 Å². The first kappa shape index (κ1) is 15.7. The second-order valence-electron chi connectivity index (χ2n) is 6.47. The zero-order chi connectivity index (χ0) is 17.2. The van der Waals surface area contributed by atoms with Crippen LogP contribution in [0.2, 0.25) is 0 Å². The fourth-order valence-corrected chi connectivity index (χ4v) is 3.45. The number of aryl methyl sites for hydroxylation is 1. The Morgan fingerprint density at radius 3 is 2.96 bits per heavy atom. The number of rotatable bonds is 2. The van der Waals surface area contributed by atoms with Crippen molar-refractivity contribution < 1.29 is 14.3 Å². The Kier molecular flexibility index (Phi) is 4.14. The van der Waals surface area contributed by atoms with Gasteiger partial charge in [-0.2, -0.15) is 0 Å². The number of para-hydroxylation sites is 1. The highest BCUT2D eigenvalue weighted by atomic mass is 16.5. The Morgan fingerprint density at radius 1 is 1.16 bits per heavy atom. The number of hydrogen-bond donors (Lipinski definition) is 2. The molecule has 0 fully saturated rings. The maximum atomic E-state index is 12.7. The van der Waals surface area contributed by atoms with Gasteiger partial charge in [0.2, 0.25) is 5.91 Å². The minimum atomic E-state index is -0.0972. The summed E-state index contributed by atoms with van der Waals surface area (Å²) in [6.07, 6.45) is 2.88. The van der Waals surface area contributed by atoms with Crippen LogP contribution in [0, 0.1) is 0 Å². The van der Waals surface area contributed by atoms with Crippen molar-refractivity contribution in [2.45, 2.75) is 31.7 Å².